The molecule has 0 unspecified atom stereocenters. The van der Waals surface area contributed by atoms with Crippen LogP contribution in [0, 0.1) is 3.57 Å². The average Bonchev–Trinajstić information content (AvgIpc) is 2.91. The summed E-state index contributed by atoms with van der Waals surface area (Å²) in [5, 5.41) is 4.07. The summed E-state index contributed by atoms with van der Waals surface area (Å²) in [5.74, 6) is 1.72. The maximum absolute atomic E-state index is 6.27. The van der Waals surface area contributed by atoms with Crippen molar-refractivity contribution in [1.29, 1.82) is 0 Å². The molecule has 0 aliphatic rings. The summed E-state index contributed by atoms with van der Waals surface area (Å²) in [6, 6.07) is 9.90. The van der Waals surface area contributed by atoms with Crippen molar-refractivity contribution in [2.75, 3.05) is 13.2 Å². The van der Waals surface area contributed by atoms with Gasteiger partial charge in [0.15, 0.2) is 0 Å². The topological polar surface area (TPSA) is 34.4 Å². The molecule has 2 rings (SSSR count). The van der Waals surface area contributed by atoms with Gasteiger partial charge in [0, 0.05) is 15.7 Å². The van der Waals surface area contributed by atoms with Gasteiger partial charge in [-0.2, -0.15) is 0 Å². The number of halogens is 3. The van der Waals surface area contributed by atoms with Crippen LogP contribution in [0.5, 0.6) is 0 Å². The fraction of sp³-hybridized carbons (Fsp3) is 0.412. The first-order valence-electron chi connectivity index (χ1n) is 7.42. The second-order valence-corrected chi connectivity index (χ2v) is 6.99. The van der Waals surface area contributed by atoms with Gasteiger partial charge in [-0.05, 0) is 79.7 Å². The second kappa shape index (κ2) is 10.6. The molecule has 128 valence electrons. The van der Waals surface area contributed by atoms with E-state index in [0.717, 1.165) is 40.2 Å². The number of hydrogen-bond acceptors (Lipinski definition) is 3. The molecule has 0 amide bonds. The monoisotopic (exact) mass is 469 g/mol. The minimum absolute atomic E-state index is 0. The molecule has 6 heteroatoms. The van der Waals surface area contributed by atoms with E-state index in [9.17, 15) is 0 Å². The molecule has 1 N–H and O–H groups in total. The van der Waals surface area contributed by atoms with E-state index >= 15 is 0 Å². The van der Waals surface area contributed by atoms with E-state index in [-0.39, 0.29) is 12.4 Å². The Morgan fingerprint density at radius 2 is 2.04 bits per heavy atom. The van der Waals surface area contributed by atoms with Gasteiger partial charge in [0.2, 0.25) is 0 Å². The number of furan rings is 1. The van der Waals surface area contributed by atoms with E-state index in [0.29, 0.717) is 17.7 Å². The lowest BCUT2D eigenvalue weighted by molar-refractivity contribution is 0.0770. The highest BCUT2D eigenvalue weighted by molar-refractivity contribution is 14.1. The quantitative estimate of drug-likeness (QED) is 0.407. The molecule has 0 fully saturated rings. The van der Waals surface area contributed by atoms with E-state index in [2.05, 4.69) is 27.9 Å². The van der Waals surface area contributed by atoms with Crippen LogP contribution in [0.15, 0.2) is 34.7 Å². The van der Waals surface area contributed by atoms with Crippen LogP contribution in [0.3, 0.4) is 0 Å². The van der Waals surface area contributed by atoms with Gasteiger partial charge < -0.3 is 14.5 Å². The third-order valence-electron chi connectivity index (χ3n) is 3.11. The van der Waals surface area contributed by atoms with Gasteiger partial charge in [-0.1, -0.05) is 11.6 Å². The minimum atomic E-state index is 0. The van der Waals surface area contributed by atoms with Crippen LogP contribution < -0.4 is 5.32 Å². The standard InChI is InChI=1S/C17H21ClINO2.ClH/c1-12(2)21-9-3-8-20-11-14-5-7-17(22-14)15-6-4-13(19)10-16(15)18;/h4-7,10,12,20H,3,8-9,11H2,1-2H3;1H. The van der Waals surface area contributed by atoms with Crippen molar-refractivity contribution in [2.45, 2.75) is 32.9 Å². The van der Waals surface area contributed by atoms with Crippen molar-refractivity contribution in [3.05, 3.63) is 44.7 Å². The summed E-state index contributed by atoms with van der Waals surface area (Å²) in [4.78, 5) is 0. The molecule has 1 aromatic heterocycles. The molecular formula is C17H22Cl2INO2. The van der Waals surface area contributed by atoms with Crippen LogP contribution in [0.2, 0.25) is 5.02 Å². The van der Waals surface area contributed by atoms with Gasteiger partial charge in [-0.3, -0.25) is 0 Å². The number of nitrogens with one attached hydrogen (secondary N) is 1. The second-order valence-electron chi connectivity index (χ2n) is 5.34. The SMILES string of the molecule is CC(C)OCCCNCc1ccc(-c2ccc(I)cc2Cl)o1.Cl. The van der Waals surface area contributed by atoms with Gasteiger partial charge >= 0.3 is 0 Å². The van der Waals surface area contributed by atoms with Gasteiger partial charge in [0.1, 0.15) is 11.5 Å². The Balaban J connectivity index is 0.00000264. The van der Waals surface area contributed by atoms with Gasteiger partial charge in [-0.15, -0.1) is 12.4 Å². The maximum Gasteiger partial charge on any atom is 0.135 e. The third-order valence-corrected chi connectivity index (χ3v) is 4.09. The number of rotatable bonds is 8. The Kier molecular flexibility index (Phi) is 9.54. The lowest BCUT2D eigenvalue weighted by Gasteiger charge is -2.07. The highest BCUT2D eigenvalue weighted by Gasteiger charge is 2.09. The van der Waals surface area contributed by atoms with Gasteiger partial charge in [0.25, 0.3) is 0 Å². The first-order chi connectivity index (χ1) is 10.6. The van der Waals surface area contributed by atoms with E-state index < -0.39 is 0 Å². The molecule has 0 aliphatic heterocycles. The largest absolute Gasteiger partial charge is 0.460 e. The van der Waals surface area contributed by atoms with E-state index in [1.54, 1.807) is 0 Å². The maximum atomic E-state index is 6.27. The Hall–Kier alpha value is -0.270. The molecule has 0 radical (unpaired) electrons. The van der Waals surface area contributed by atoms with Crippen molar-refractivity contribution in [3.8, 4) is 11.3 Å². The summed E-state index contributed by atoms with van der Waals surface area (Å²) in [5.41, 5.74) is 0.929. The van der Waals surface area contributed by atoms with Crippen molar-refractivity contribution < 1.29 is 9.15 Å². The molecule has 0 bridgehead atoms. The average molecular weight is 470 g/mol. The third kappa shape index (κ3) is 7.01. The van der Waals surface area contributed by atoms with E-state index in [1.807, 2.05) is 44.2 Å². The summed E-state index contributed by atoms with van der Waals surface area (Å²) >= 11 is 8.51. The van der Waals surface area contributed by atoms with E-state index in [4.69, 9.17) is 20.8 Å². The normalized spacial score (nSPS) is 10.8. The highest BCUT2D eigenvalue weighted by atomic mass is 127. The molecule has 1 heterocycles. The molecule has 0 spiro atoms. The van der Waals surface area contributed by atoms with E-state index in [1.165, 1.54) is 0 Å². The predicted octanol–water partition coefficient (Wildman–Crippen LogP) is 5.53. The fourth-order valence-electron chi connectivity index (χ4n) is 2.03. The smallest absolute Gasteiger partial charge is 0.135 e. The molecular weight excluding hydrogens is 448 g/mol. The highest BCUT2D eigenvalue weighted by Crippen LogP contribution is 2.30. The molecule has 3 nitrogen and oxygen atoms in total. The fourth-order valence-corrected chi connectivity index (χ4v) is 2.98. The molecule has 1 aromatic carbocycles. The van der Waals surface area contributed by atoms with Gasteiger partial charge in [0.05, 0.1) is 17.7 Å². The molecule has 0 atom stereocenters. The zero-order valence-electron chi connectivity index (χ0n) is 13.3. The predicted molar refractivity (Wildman–Crippen MR) is 107 cm³/mol. The van der Waals surface area contributed by atoms with Crippen LogP contribution in [0.1, 0.15) is 26.0 Å². The zero-order valence-corrected chi connectivity index (χ0v) is 17.0. The van der Waals surface area contributed by atoms with Crippen LogP contribution in [-0.4, -0.2) is 19.3 Å². The first-order valence-corrected chi connectivity index (χ1v) is 8.88. The zero-order chi connectivity index (χ0) is 15.9. The number of benzene rings is 1. The number of hydrogen-bond donors (Lipinski definition) is 1. The summed E-state index contributed by atoms with van der Waals surface area (Å²) in [6.45, 7) is 6.50. The first kappa shape index (κ1) is 20.8. The Morgan fingerprint density at radius 3 is 2.74 bits per heavy atom. The minimum Gasteiger partial charge on any atom is -0.460 e. The summed E-state index contributed by atoms with van der Waals surface area (Å²) in [6.07, 6.45) is 1.29. The van der Waals surface area contributed by atoms with Gasteiger partial charge in [-0.25, -0.2) is 0 Å². The lowest BCUT2D eigenvalue weighted by atomic mass is 10.2. The van der Waals surface area contributed by atoms with Crippen LogP contribution in [0.25, 0.3) is 11.3 Å². The van der Waals surface area contributed by atoms with Crippen molar-refractivity contribution >= 4 is 46.6 Å². The molecule has 0 aliphatic carbocycles. The molecule has 23 heavy (non-hydrogen) atoms. The lowest BCUT2D eigenvalue weighted by Crippen LogP contribution is -2.17. The van der Waals surface area contributed by atoms with Crippen LogP contribution in [0.4, 0.5) is 0 Å². The van der Waals surface area contributed by atoms with Crippen LogP contribution >= 0.6 is 46.6 Å². The summed E-state index contributed by atoms with van der Waals surface area (Å²) in [7, 11) is 0. The van der Waals surface area contributed by atoms with Crippen molar-refractivity contribution in [3.63, 3.8) is 0 Å². The van der Waals surface area contributed by atoms with Crippen molar-refractivity contribution in [1.82, 2.24) is 5.32 Å². The molecule has 2 aromatic rings. The summed E-state index contributed by atoms with van der Waals surface area (Å²) < 4.78 is 12.5. The van der Waals surface area contributed by atoms with Crippen molar-refractivity contribution in [2.24, 2.45) is 0 Å². The Bertz CT molecular complexity index is 602. The molecule has 0 saturated carbocycles. The number of ether oxygens (including phenoxy) is 1. The molecule has 0 saturated heterocycles. The van der Waals surface area contributed by atoms with Crippen LogP contribution in [-0.2, 0) is 11.3 Å². The Labute approximate surface area is 162 Å². The Morgan fingerprint density at radius 1 is 1.26 bits per heavy atom.